The zero-order valence-electron chi connectivity index (χ0n) is 29.6. The third kappa shape index (κ3) is 4.56. The lowest BCUT2D eigenvalue weighted by Crippen LogP contribution is -2.42. The Morgan fingerprint density at radius 1 is 0.878 bits per heavy atom. The minimum atomic E-state index is 0.0650. The predicted molar refractivity (Wildman–Crippen MR) is 203 cm³/mol. The highest BCUT2D eigenvalue weighted by atomic mass is 16.5. The smallest absolute Gasteiger partial charge is 0.0852 e. The zero-order valence-corrected chi connectivity index (χ0v) is 29.6. The van der Waals surface area contributed by atoms with Crippen LogP contribution in [0.15, 0.2) is 103 Å². The first-order valence-electron chi connectivity index (χ1n) is 19.6. The van der Waals surface area contributed by atoms with Crippen molar-refractivity contribution in [3.05, 3.63) is 120 Å². The first-order chi connectivity index (χ1) is 24.0. The van der Waals surface area contributed by atoms with E-state index in [0.717, 1.165) is 12.8 Å². The average molecular weight is 649 g/mol. The average Bonchev–Trinajstić information content (AvgIpc) is 3.75. The Bertz CT molecular complexity index is 1850. The Hall–Kier alpha value is -3.56. The molecule has 1 fully saturated rings. The summed E-state index contributed by atoms with van der Waals surface area (Å²) in [5, 5.41) is 0. The number of ether oxygens (including phenoxy) is 1. The van der Waals surface area contributed by atoms with E-state index in [9.17, 15) is 0 Å². The summed E-state index contributed by atoms with van der Waals surface area (Å²) in [5.41, 5.74) is 11.7. The molecule has 6 aliphatic carbocycles. The highest BCUT2D eigenvalue weighted by Gasteiger charge is 2.50. The molecule has 9 atom stereocenters. The van der Waals surface area contributed by atoms with Gasteiger partial charge in [-0.2, -0.15) is 0 Å². The molecule has 0 N–H and O–H groups in total. The number of fused-ring (bicyclic) bond motifs is 9. The van der Waals surface area contributed by atoms with Gasteiger partial charge in [0.25, 0.3) is 0 Å². The standard InChI is InChI=1S/C46H52N2O/c1-29-22-24-30(25-23-29)47-38-17-8-5-13-33(38)36-28-31(26-27-39(36)47)48(40-18-11-21-43-44(40)35-14-6-9-20-42(35)49-43)41-19-10-15-34-32-12-4-7-16-37(32)46(2,3)45(34)41/h5-6,10-15,18-19,21-22,24,26-30,33,35,37-38,42-44H,4,7-9,16-17,20,23,25H2,1-3H3. The third-order valence-corrected chi connectivity index (χ3v) is 13.8. The molecule has 3 heteroatoms. The number of hydrogen-bond donors (Lipinski definition) is 0. The quantitative estimate of drug-likeness (QED) is 0.307. The minimum Gasteiger partial charge on any atom is -0.370 e. The largest absolute Gasteiger partial charge is 0.370 e. The van der Waals surface area contributed by atoms with Crippen LogP contribution in [0, 0.1) is 23.7 Å². The molecule has 0 radical (unpaired) electrons. The van der Waals surface area contributed by atoms with Crippen LogP contribution < -0.4 is 9.80 Å². The maximum atomic E-state index is 6.83. The molecule has 0 spiro atoms. The van der Waals surface area contributed by atoms with Crippen LogP contribution in [0.25, 0.3) is 5.57 Å². The number of benzene rings is 2. The molecule has 0 saturated carbocycles. The van der Waals surface area contributed by atoms with Gasteiger partial charge >= 0.3 is 0 Å². The van der Waals surface area contributed by atoms with E-state index >= 15 is 0 Å². The van der Waals surface area contributed by atoms with Gasteiger partial charge in [0.1, 0.15) is 0 Å². The summed E-state index contributed by atoms with van der Waals surface area (Å²) in [5.74, 6) is 2.42. The number of nitrogens with zero attached hydrogens (tertiary/aromatic N) is 2. The molecule has 252 valence electrons. The molecular formula is C46H52N2O. The molecule has 0 bridgehead atoms. The van der Waals surface area contributed by atoms with Gasteiger partial charge in [-0.3, -0.25) is 0 Å². The van der Waals surface area contributed by atoms with Crippen LogP contribution in [-0.4, -0.2) is 24.3 Å². The van der Waals surface area contributed by atoms with E-state index < -0.39 is 0 Å². The lowest BCUT2D eigenvalue weighted by atomic mass is 9.72. The maximum Gasteiger partial charge on any atom is 0.0852 e. The van der Waals surface area contributed by atoms with Gasteiger partial charge in [-0.15, -0.1) is 0 Å². The summed E-state index contributed by atoms with van der Waals surface area (Å²) in [6.45, 7) is 7.42. The van der Waals surface area contributed by atoms with Crippen molar-refractivity contribution in [3.63, 3.8) is 0 Å². The van der Waals surface area contributed by atoms with E-state index in [-0.39, 0.29) is 11.5 Å². The van der Waals surface area contributed by atoms with Crippen LogP contribution in [0.1, 0.15) is 101 Å². The van der Waals surface area contributed by atoms with Gasteiger partial charge in [-0.05, 0) is 128 Å². The maximum absolute atomic E-state index is 6.83. The summed E-state index contributed by atoms with van der Waals surface area (Å²) in [6.07, 6.45) is 35.9. The van der Waals surface area contributed by atoms with E-state index in [1.165, 1.54) is 84.4 Å². The van der Waals surface area contributed by atoms with Crippen molar-refractivity contribution in [1.29, 1.82) is 0 Å². The second-order valence-corrected chi connectivity index (χ2v) is 16.9. The van der Waals surface area contributed by atoms with E-state index in [4.69, 9.17) is 4.74 Å². The summed E-state index contributed by atoms with van der Waals surface area (Å²) < 4.78 is 6.83. The van der Waals surface area contributed by atoms with Gasteiger partial charge < -0.3 is 14.5 Å². The van der Waals surface area contributed by atoms with E-state index in [0.29, 0.717) is 47.8 Å². The first-order valence-corrected chi connectivity index (χ1v) is 19.6. The molecule has 3 nitrogen and oxygen atoms in total. The van der Waals surface area contributed by atoms with Gasteiger partial charge in [-0.1, -0.05) is 87.6 Å². The molecule has 49 heavy (non-hydrogen) atoms. The Morgan fingerprint density at radius 2 is 1.78 bits per heavy atom. The topological polar surface area (TPSA) is 15.7 Å². The highest BCUT2D eigenvalue weighted by molar-refractivity contribution is 5.87. The van der Waals surface area contributed by atoms with Crippen molar-refractivity contribution in [3.8, 4) is 0 Å². The lowest BCUT2D eigenvalue weighted by Gasteiger charge is -2.39. The fraction of sp³-hybridized carbons (Fsp3) is 0.478. The van der Waals surface area contributed by atoms with Gasteiger partial charge in [0.15, 0.2) is 0 Å². The minimum absolute atomic E-state index is 0.0650. The van der Waals surface area contributed by atoms with Crippen molar-refractivity contribution in [2.45, 2.75) is 114 Å². The van der Waals surface area contributed by atoms with Gasteiger partial charge in [0, 0.05) is 46.9 Å². The monoisotopic (exact) mass is 648 g/mol. The summed E-state index contributed by atoms with van der Waals surface area (Å²) in [7, 11) is 0. The number of rotatable bonds is 4. The Kier molecular flexibility index (Phi) is 7.10. The van der Waals surface area contributed by atoms with Crippen LogP contribution in [0.5, 0.6) is 0 Å². The van der Waals surface area contributed by atoms with Crippen molar-refractivity contribution in [1.82, 2.24) is 0 Å². The lowest BCUT2D eigenvalue weighted by molar-refractivity contribution is 0.0524. The van der Waals surface area contributed by atoms with Crippen molar-refractivity contribution in [2.75, 3.05) is 9.80 Å². The molecule has 2 heterocycles. The van der Waals surface area contributed by atoms with E-state index in [1.54, 1.807) is 5.57 Å². The van der Waals surface area contributed by atoms with Crippen LogP contribution in [-0.2, 0) is 10.2 Å². The third-order valence-electron chi connectivity index (χ3n) is 13.8. The van der Waals surface area contributed by atoms with Crippen LogP contribution in [0.3, 0.4) is 0 Å². The summed E-state index contributed by atoms with van der Waals surface area (Å²) >= 11 is 0. The predicted octanol–water partition coefficient (Wildman–Crippen LogP) is 11.1. The molecule has 0 amide bonds. The first kappa shape index (κ1) is 30.3. The summed E-state index contributed by atoms with van der Waals surface area (Å²) in [4.78, 5) is 5.53. The normalized spacial score (nSPS) is 35.9. The summed E-state index contributed by atoms with van der Waals surface area (Å²) in [6, 6.07) is 15.8. The number of hydrogen-bond acceptors (Lipinski definition) is 3. The SMILES string of the molecule is CC1C=CC(N2c3ccc(N(C4=CC=CC5OC6CCC=CC6C45)c4cccc5c4C(C)(C)C4CCCC=C54)cc3C3C=CCCC32)CC1. The fourth-order valence-corrected chi connectivity index (χ4v) is 11.5. The molecule has 9 unspecified atom stereocenters. The molecule has 8 aliphatic rings. The highest BCUT2D eigenvalue weighted by Crippen LogP contribution is 2.59. The van der Waals surface area contributed by atoms with Crippen molar-refractivity contribution >= 4 is 22.6 Å². The van der Waals surface area contributed by atoms with Gasteiger partial charge in [0.05, 0.1) is 17.9 Å². The number of anilines is 3. The van der Waals surface area contributed by atoms with Crippen LogP contribution in [0.2, 0.25) is 0 Å². The zero-order chi connectivity index (χ0) is 32.9. The molecule has 10 rings (SSSR count). The second kappa shape index (κ2) is 11.5. The van der Waals surface area contributed by atoms with Crippen molar-refractivity contribution < 1.29 is 4.74 Å². The molecule has 2 aromatic carbocycles. The number of allylic oxidation sites excluding steroid dienone is 7. The fourth-order valence-electron chi connectivity index (χ4n) is 11.5. The molecule has 0 aromatic heterocycles. The molecule has 1 saturated heterocycles. The second-order valence-electron chi connectivity index (χ2n) is 16.9. The van der Waals surface area contributed by atoms with Crippen molar-refractivity contribution in [2.24, 2.45) is 23.7 Å². The Labute approximate surface area is 293 Å². The van der Waals surface area contributed by atoms with E-state index in [2.05, 4.69) is 128 Å². The molecular weight excluding hydrogens is 597 g/mol. The van der Waals surface area contributed by atoms with Gasteiger partial charge in [0.2, 0.25) is 0 Å². The van der Waals surface area contributed by atoms with E-state index in [1.807, 2.05) is 0 Å². The molecule has 2 aromatic rings. The molecule has 2 aliphatic heterocycles. The van der Waals surface area contributed by atoms with Gasteiger partial charge in [-0.25, -0.2) is 0 Å². The Morgan fingerprint density at radius 3 is 2.67 bits per heavy atom. The van der Waals surface area contributed by atoms with Crippen LogP contribution in [0.4, 0.5) is 17.1 Å². The Balaban J connectivity index is 1.16. The van der Waals surface area contributed by atoms with Crippen LogP contribution >= 0.6 is 0 Å².